The molecule has 1 saturated heterocycles. The van der Waals surface area contributed by atoms with E-state index in [2.05, 4.69) is 21.8 Å². The Balaban J connectivity index is 2.16. The first kappa shape index (κ1) is 12.6. The fourth-order valence-electron chi connectivity index (χ4n) is 1.80. The van der Waals surface area contributed by atoms with Crippen LogP contribution in [0, 0.1) is 0 Å². The van der Waals surface area contributed by atoms with Crippen LogP contribution in [0.25, 0.3) is 0 Å². The van der Waals surface area contributed by atoms with Crippen molar-refractivity contribution in [1.82, 2.24) is 9.88 Å². The van der Waals surface area contributed by atoms with Gasteiger partial charge in [-0.05, 0) is 20.0 Å². The molecule has 0 saturated carbocycles. The van der Waals surface area contributed by atoms with Crippen molar-refractivity contribution in [3.8, 4) is 0 Å². The van der Waals surface area contributed by atoms with Gasteiger partial charge < -0.3 is 14.9 Å². The van der Waals surface area contributed by atoms with Crippen LogP contribution < -0.4 is 4.90 Å². The minimum Gasteiger partial charge on any atom is -0.477 e. The molecule has 7 heteroatoms. The molecule has 5 nitrogen and oxygen atoms in total. The quantitative estimate of drug-likeness (QED) is 0.889. The first-order chi connectivity index (χ1) is 8.08. The highest BCUT2D eigenvalue weighted by Gasteiger charge is 2.20. The Labute approximate surface area is 109 Å². The molecule has 0 amide bonds. The monoisotopic (exact) mass is 275 g/mol. The number of aromatic carboxylic acids is 1. The first-order valence-corrected chi connectivity index (χ1v) is 6.60. The van der Waals surface area contributed by atoms with E-state index in [0.717, 1.165) is 43.9 Å². The lowest BCUT2D eigenvalue weighted by Crippen LogP contribution is -2.28. The largest absolute Gasteiger partial charge is 0.477 e. The van der Waals surface area contributed by atoms with E-state index >= 15 is 0 Å². The van der Waals surface area contributed by atoms with Gasteiger partial charge in [0, 0.05) is 19.6 Å². The van der Waals surface area contributed by atoms with Gasteiger partial charge in [0.1, 0.15) is 0 Å². The summed E-state index contributed by atoms with van der Waals surface area (Å²) < 4.78 is 0. The Hall–Kier alpha value is -0.850. The molecule has 1 aromatic heterocycles. The number of rotatable bonds is 2. The zero-order chi connectivity index (χ0) is 12.4. The molecule has 1 fully saturated rings. The molecule has 94 valence electrons. The predicted molar refractivity (Wildman–Crippen MR) is 68.4 cm³/mol. The number of thiazole rings is 1. The molecule has 0 radical (unpaired) electrons. The lowest BCUT2D eigenvalue weighted by Gasteiger charge is -2.18. The van der Waals surface area contributed by atoms with Gasteiger partial charge in [0.15, 0.2) is 15.2 Å². The highest BCUT2D eigenvalue weighted by Crippen LogP contribution is 2.30. The number of anilines is 1. The van der Waals surface area contributed by atoms with Gasteiger partial charge in [0.2, 0.25) is 0 Å². The summed E-state index contributed by atoms with van der Waals surface area (Å²) in [5, 5.41) is 9.74. The number of carbonyl (C=O) groups is 1. The van der Waals surface area contributed by atoms with E-state index in [4.69, 9.17) is 16.7 Å². The Morgan fingerprint density at radius 1 is 1.41 bits per heavy atom. The van der Waals surface area contributed by atoms with Gasteiger partial charge in [-0.15, -0.1) is 0 Å². The van der Waals surface area contributed by atoms with E-state index in [-0.39, 0.29) is 10.0 Å². The van der Waals surface area contributed by atoms with Gasteiger partial charge in [-0.1, -0.05) is 22.9 Å². The van der Waals surface area contributed by atoms with Crippen molar-refractivity contribution in [1.29, 1.82) is 0 Å². The summed E-state index contributed by atoms with van der Waals surface area (Å²) in [7, 11) is 2.08. The maximum Gasteiger partial charge on any atom is 0.349 e. The number of carboxylic acid groups (broad SMARTS) is 1. The molecule has 1 aliphatic rings. The normalized spacial score (nSPS) is 18.1. The van der Waals surface area contributed by atoms with E-state index in [9.17, 15) is 4.79 Å². The number of halogens is 1. The summed E-state index contributed by atoms with van der Waals surface area (Å²) in [4.78, 5) is 19.5. The molecule has 1 aliphatic heterocycles. The molecule has 0 bridgehead atoms. The van der Waals surface area contributed by atoms with Gasteiger partial charge in [-0.2, -0.15) is 0 Å². The molecular formula is C10H14ClN3O2S. The minimum absolute atomic E-state index is 0.0927. The van der Waals surface area contributed by atoms with Crippen molar-refractivity contribution in [3.05, 3.63) is 10.0 Å². The molecule has 0 aliphatic carbocycles. The topological polar surface area (TPSA) is 56.7 Å². The van der Waals surface area contributed by atoms with Gasteiger partial charge in [-0.3, -0.25) is 0 Å². The standard InChI is InChI=1S/C10H14ClN3O2S/c1-13-3-2-4-14(6-5-13)10-12-8(11)7(17-10)9(15)16/h2-6H2,1H3,(H,15,16). The second-order valence-corrected chi connectivity index (χ2v) is 5.40. The molecule has 17 heavy (non-hydrogen) atoms. The van der Waals surface area contributed by atoms with Crippen LogP contribution in [-0.4, -0.2) is 54.2 Å². The fraction of sp³-hybridized carbons (Fsp3) is 0.600. The van der Waals surface area contributed by atoms with Gasteiger partial charge >= 0.3 is 5.97 Å². The second kappa shape index (κ2) is 5.20. The zero-order valence-corrected chi connectivity index (χ0v) is 11.1. The summed E-state index contributed by atoms with van der Waals surface area (Å²) in [6, 6.07) is 0. The van der Waals surface area contributed by atoms with E-state index in [1.165, 1.54) is 0 Å². The number of nitrogens with zero attached hydrogens (tertiary/aromatic N) is 3. The molecule has 1 N–H and O–H groups in total. The number of hydrogen-bond acceptors (Lipinski definition) is 5. The summed E-state index contributed by atoms with van der Waals surface area (Å²) in [5.41, 5.74) is 0. The van der Waals surface area contributed by atoms with Gasteiger partial charge in [-0.25, -0.2) is 9.78 Å². The van der Waals surface area contributed by atoms with Crippen molar-refractivity contribution in [2.45, 2.75) is 6.42 Å². The van der Waals surface area contributed by atoms with Crippen LogP contribution >= 0.6 is 22.9 Å². The van der Waals surface area contributed by atoms with Crippen molar-refractivity contribution in [2.24, 2.45) is 0 Å². The third kappa shape index (κ3) is 2.88. The Morgan fingerprint density at radius 2 is 2.18 bits per heavy atom. The molecular weight excluding hydrogens is 262 g/mol. The molecule has 0 aromatic carbocycles. The first-order valence-electron chi connectivity index (χ1n) is 5.41. The predicted octanol–water partition coefficient (Wildman–Crippen LogP) is 1.64. The van der Waals surface area contributed by atoms with Crippen LogP contribution in [-0.2, 0) is 0 Å². The van der Waals surface area contributed by atoms with Crippen LogP contribution in [0.4, 0.5) is 5.13 Å². The third-order valence-electron chi connectivity index (χ3n) is 2.76. The van der Waals surface area contributed by atoms with E-state index in [1.54, 1.807) is 0 Å². The van der Waals surface area contributed by atoms with Crippen LogP contribution in [0.1, 0.15) is 16.1 Å². The van der Waals surface area contributed by atoms with Crippen LogP contribution in [0.3, 0.4) is 0 Å². The summed E-state index contributed by atoms with van der Waals surface area (Å²) >= 11 is 6.96. The smallest absolute Gasteiger partial charge is 0.349 e. The Bertz CT molecular complexity index is 424. The highest BCUT2D eigenvalue weighted by atomic mass is 35.5. The molecule has 0 spiro atoms. The Morgan fingerprint density at radius 3 is 2.82 bits per heavy atom. The highest BCUT2D eigenvalue weighted by molar-refractivity contribution is 7.18. The zero-order valence-electron chi connectivity index (χ0n) is 9.52. The van der Waals surface area contributed by atoms with Gasteiger partial charge in [0.05, 0.1) is 0 Å². The maximum absolute atomic E-state index is 10.9. The third-order valence-corrected chi connectivity index (χ3v) is 4.25. The molecule has 1 aromatic rings. The van der Waals surface area contributed by atoms with E-state index in [0.29, 0.717) is 5.13 Å². The number of carboxylic acids is 1. The van der Waals surface area contributed by atoms with Crippen molar-refractivity contribution in [3.63, 3.8) is 0 Å². The molecule has 2 heterocycles. The fourth-order valence-corrected chi connectivity index (χ4v) is 2.97. The second-order valence-electron chi connectivity index (χ2n) is 4.07. The Kier molecular flexibility index (Phi) is 3.86. The van der Waals surface area contributed by atoms with E-state index in [1.807, 2.05) is 0 Å². The minimum atomic E-state index is -1.01. The summed E-state index contributed by atoms with van der Waals surface area (Å²) in [6.45, 7) is 3.77. The van der Waals surface area contributed by atoms with Crippen molar-refractivity contribution >= 4 is 34.0 Å². The van der Waals surface area contributed by atoms with Crippen LogP contribution in [0.2, 0.25) is 5.15 Å². The number of hydrogen-bond donors (Lipinski definition) is 1. The van der Waals surface area contributed by atoms with Crippen LogP contribution in [0.5, 0.6) is 0 Å². The molecule has 0 atom stereocenters. The summed E-state index contributed by atoms with van der Waals surface area (Å²) in [5.74, 6) is -1.01. The van der Waals surface area contributed by atoms with Crippen molar-refractivity contribution in [2.75, 3.05) is 38.1 Å². The summed E-state index contributed by atoms with van der Waals surface area (Å²) in [6.07, 6.45) is 1.05. The maximum atomic E-state index is 10.9. The lowest BCUT2D eigenvalue weighted by molar-refractivity contribution is 0.0702. The number of likely N-dealkylation sites (N-methyl/N-ethyl adjacent to an activating group) is 1. The van der Waals surface area contributed by atoms with E-state index < -0.39 is 5.97 Å². The lowest BCUT2D eigenvalue weighted by atomic mass is 10.4. The number of aromatic nitrogens is 1. The van der Waals surface area contributed by atoms with Gasteiger partial charge in [0.25, 0.3) is 0 Å². The molecule has 2 rings (SSSR count). The average Bonchev–Trinajstić information content (AvgIpc) is 2.52. The average molecular weight is 276 g/mol. The van der Waals surface area contributed by atoms with Crippen LogP contribution in [0.15, 0.2) is 0 Å². The SMILES string of the molecule is CN1CCCN(c2nc(Cl)c(C(=O)O)s2)CC1. The molecule has 0 unspecified atom stereocenters. The van der Waals surface area contributed by atoms with Crippen molar-refractivity contribution < 1.29 is 9.90 Å².